The number of ether oxygens (including phenoxy) is 1. The summed E-state index contributed by atoms with van der Waals surface area (Å²) in [6, 6.07) is 51.0. The van der Waals surface area contributed by atoms with Crippen LogP contribution in [0.25, 0.3) is 28.3 Å². The number of fused-ring (bicyclic) bond motifs is 11. The molecule has 2 aliphatic heterocycles. The van der Waals surface area contributed by atoms with E-state index in [9.17, 15) is 0 Å². The first kappa shape index (κ1) is 29.6. The zero-order valence-corrected chi connectivity index (χ0v) is 28.7. The maximum atomic E-state index is 6.67. The van der Waals surface area contributed by atoms with Gasteiger partial charge in [0, 0.05) is 34.2 Å². The molecule has 5 aliphatic rings. The maximum absolute atomic E-state index is 6.67. The summed E-state index contributed by atoms with van der Waals surface area (Å²) in [7, 11) is 0. The Labute approximate surface area is 304 Å². The maximum Gasteiger partial charge on any atom is 0.154 e. The van der Waals surface area contributed by atoms with Gasteiger partial charge in [0.25, 0.3) is 0 Å². The number of allylic oxidation sites excluding steroid dienone is 2. The number of nitrogens with zero attached hydrogens (tertiary/aromatic N) is 2. The molecule has 0 radical (unpaired) electrons. The van der Waals surface area contributed by atoms with Crippen LogP contribution in [0.15, 0.2) is 168 Å². The molecule has 3 nitrogen and oxygen atoms in total. The standard InChI is InChI=1S/C49H36N2O/c1-2-14-35-32(12-1)13-11-18-38(35)47-39-17-5-9-22-44(39)50-48(51-47)33-26-24-31(25-27-33)34-28-29-46-43(30-34)49(42-21-8-10-23-45(42)52-46)40-19-6-3-15-36(40)37-16-4-7-20-41(37)49/h1-16,19-21,23-30,38-39,44H,17-18,22H2. The molecule has 6 aromatic carbocycles. The lowest BCUT2D eigenvalue weighted by Gasteiger charge is -2.39. The van der Waals surface area contributed by atoms with E-state index in [1.54, 1.807) is 0 Å². The van der Waals surface area contributed by atoms with Crippen LogP contribution in [-0.4, -0.2) is 17.6 Å². The van der Waals surface area contributed by atoms with Gasteiger partial charge in [-0.3, -0.25) is 4.99 Å². The van der Waals surface area contributed by atoms with Crippen LogP contribution in [0.1, 0.15) is 64.1 Å². The van der Waals surface area contributed by atoms with E-state index in [1.807, 2.05) is 0 Å². The predicted octanol–water partition coefficient (Wildman–Crippen LogP) is 11.6. The first-order valence-corrected chi connectivity index (χ1v) is 18.6. The lowest BCUT2D eigenvalue weighted by molar-refractivity contribution is 0.436. The van der Waals surface area contributed by atoms with Crippen LogP contribution in [0.4, 0.5) is 0 Å². The first-order chi connectivity index (χ1) is 25.8. The van der Waals surface area contributed by atoms with Crippen LogP contribution in [0.5, 0.6) is 11.5 Å². The highest BCUT2D eigenvalue weighted by Crippen LogP contribution is 2.62. The lowest BCUT2D eigenvalue weighted by atomic mass is 9.66. The Hall–Kier alpha value is -6.06. The molecule has 0 N–H and O–H groups in total. The molecule has 3 heteroatoms. The summed E-state index contributed by atoms with van der Waals surface area (Å²) in [5, 5.41) is 0. The van der Waals surface area contributed by atoms with Gasteiger partial charge in [0.2, 0.25) is 0 Å². The lowest BCUT2D eigenvalue weighted by Crippen LogP contribution is -2.37. The van der Waals surface area contributed by atoms with Gasteiger partial charge >= 0.3 is 0 Å². The van der Waals surface area contributed by atoms with E-state index in [-0.39, 0.29) is 12.0 Å². The third kappa shape index (κ3) is 4.26. The van der Waals surface area contributed by atoms with Crippen LogP contribution in [0.3, 0.4) is 0 Å². The van der Waals surface area contributed by atoms with Crippen molar-refractivity contribution in [3.05, 3.63) is 197 Å². The SMILES string of the molecule is C1=Cc2ccccc2C(C2=NC(c3ccc(-c4ccc5c(c4)C4(c6ccccc6O5)c5ccccc5-c5ccccc54)cc3)=NC3CC=CCC23)C1. The van der Waals surface area contributed by atoms with Crippen molar-refractivity contribution in [1.29, 1.82) is 0 Å². The molecule has 3 atom stereocenters. The molecule has 3 aliphatic carbocycles. The van der Waals surface area contributed by atoms with Gasteiger partial charge < -0.3 is 4.74 Å². The normalized spacial score (nSPS) is 21.0. The molecular weight excluding hydrogens is 633 g/mol. The van der Waals surface area contributed by atoms with Gasteiger partial charge in [-0.1, -0.05) is 146 Å². The molecule has 0 saturated heterocycles. The molecule has 3 unspecified atom stereocenters. The third-order valence-electron chi connectivity index (χ3n) is 12.0. The molecule has 0 bridgehead atoms. The van der Waals surface area contributed by atoms with Crippen molar-refractivity contribution < 1.29 is 4.74 Å². The van der Waals surface area contributed by atoms with Crippen molar-refractivity contribution >= 4 is 17.6 Å². The minimum Gasteiger partial charge on any atom is -0.457 e. The second kappa shape index (κ2) is 11.5. The highest BCUT2D eigenvalue weighted by atomic mass is 16.5. The molecule has 248 valence electrons. The summed E-state index contributed by atoms with van der Waals surface area (Å²) >= 11 is 0. The summed E-state index contributed by atoms with van der Waals surface area (Å²) in [6.45, 7) is 0. The van der Waals surface area contributed by atoms with Crippen molar-refractivity contribution in [3.8, 4) is 33.8 Å². The Bertz CT molecular complexity index is 2510. The number of aliphatic imine (C=N–C) groups is 2. The number of hydrogen-bond donors (Lipinski definition) is 0. The van der Waals surface area contributed by atoms with Gasteiger partial charge in [-0.2, -0.15) is 0 Å². The Morgan fingerprint density at radius 3 is 2.02 bits per heavy atom. The molecule has 52 heavy (non-hydrogen) atoms. The van der Waals surface area contributed by atoms with Gasteiger partial charge in [-0.25, -0.2) is 4.99 Å². The highest BCUT2D eigenvalue weighted by Gasteiger charge is 2.51. The number of rotatable bonds is 3. The molecule has 0 saturated carbocycles. The van der Waals surface area contributed by atoms with E-state index in [0.29, 0.717) is 5.92 Å². The summed E-state index contributed by atoms with van der Waals surface area (Å²) in [4.78, 5) is 10.7. The molecule has 0 fully saturated rings. The minimum atomic E-state index is -0.479. The van der Waals surface area contributed by atoms with Gasteiger partial charge in [0.1, 0.15) is 11.5 Å². The van der Waals surface area contributed by atoms with Crippen LogP contribution in [0.2, 0.25) is 0 Å². The Balaban J connectivity index is 1.01. The van der Waals surface area contributed by atoms with E-state index >= 15 is 0 Å². The first-order valence-electron chi connectivity index (χ1n) is 18.6. The third-order valence-corrected chi connectivity index (χ3v) is 12.0. The number of benzene rings is 6. The van der Waals surface area contributed by atoms with Crippen molar-refractivity contribution in [1.82, 2.24) is 0 Å². The summed E-state index contributed by atoms with van der Waals surface area (Å²) in [5.74, 6) is 3.30. The zero-order chi connectivity index (χ0) is 34.2. The molecule has 2 heterocycles. The quantitative estimate of drug-likeness (QED) is 0.173. The molecular formula is C49H36N2O. The largest absolute Gasteiger partial charge is 0.457 e. The van der Waals surface area contributed by atoms with Gasteiger partial charge in [0.15, 0.2) is 5.84 Å². The number of hydrogen-bond acceptors (Lipinski definition) is 3. The minimum absolute atomic E-state index is 0.224. The topological polar surface area (TPSA) is 34.0 Å². The molecule has 0 aromatic heterocycles. The van der Waals surface area contributed by atoms with Crippen molar-refractivity contribution in [3.63, 3.8) is 0 Å². The van der Waals surface area contributed by atoms with Gasteiger partial charge in [-0.05, 0) is 82.0 Å². The molecule has 11 rings (SSSR count). The smallest absolute Gasteiger partial charge is 0.154 e. The molecule has 1 spiro atoms. The second-order valence-electron chi connectivity index (χ2n) is 14.7. The van der Waals surface area contributed by atoms with E-state index < -0.39 is 5.41 Å². The predicted molar refractivity (Wildman–Crippen MR) is 212 cm³/mol. The summed E-state index contributed by atoms with van der Waals surface area (Å²) in [6.07, 6.45) is 12.2. The second-order valence-corrected chi connectivity index (χ2v) is 14.7. The average molecular weight is 669 g/mol. The van der Waals surface area contributed by atoms with Crippen molar-refractivity contribution in [2.75, 3.05) is 0 Å². The number of amidine groups is 1. The van der Waals surface area contributed by atoms with E-state index in [1.165, 1.54) is 50.2 Å². The van der Waals surface area contributed by atoms with Crippen LogP contribution in [0, 0.1) is 5.92 Å². The van der Waals surface area contributed by atoms with Crippen molar-refractivity contribution in [2.24, 2.45) is 15.9 Å². The Morgan fingerprint density at radius 1 is 0.538 bits per heavy atom. The van der Waals surface area contributed by atoms with Gasteiger partial charge in [0.05, 0.1) is 11.5 Å². The van der Waals surface area contributed by atoms with Crippen LogP contribution in [-0.2, 0) is 5.41 Å². The fourth-order valence-corrected chi connectivity index (χ4v) is 9.69. The molecule has 0 amide bonds. The Kier molecular flexibility index (Phi) is 6.55. The van der Waals surface area contributed by atoms with E-state index in [2.05, 4.69) is 164 Å². The Morgan fingerprint density at radius 2 is 1.19 bits per heavy atom. The van der Waals surface area contributed by atoms with Crippen LogP contribution >= 0.6 is 0 Å². The summed E-state index contributed by atoms with van der Waals surface area (Å²) in [5.41, 5.74) is 14.4. The fourth-order valence-electron chi connectivity index (χ4n) is 9.69. The highest BCUT2D eigenvalue weighted by molar-refractivity contribution is 6.11. The number of para-hydroxylation sites is 1. The van der Waals surface area contributed by atoms with E-state index in [4.69, 9.17) is 14.7 Å². The van der Waals surface area contributed by atoms with Crippen molar-refractivity contribution in [2.45, 2.75) is 36.6 Å². The fraction of sp³-hybridized carbons (Fsp3) is 0.143. The average Bonchev–Trinajstić information content (AvgIpc) is 3.51. The summed E-state index contributed by atoms with van der Waals surface area (Å²) < 4.78 is 6.67. The zero-order valence-electron chi connectivity index (χ0n) is 28.7. The monoisotopic (exact) mass is 668 g/mol. The van der Waals surface area contributed by atoms with Crippen LogP contribution < -0.4 is 4.74 Å². The van der Waals surface area contributed by atoms with Gasteiger partial charge in [-0.15, -0.1) is 0 Å². The van der Waals surface area contributed by atoms with E-state index in [0.717, 1.165) is 53.3 Å². The molecule has 6 aromatic rings.